The first-order chi connectivity index (χ1) is 9.38. The van der Waals surface area contributed by atoms with Gasteiger partial charge in [0.1, 0.15) is 17.3 Å². The van der Waals surface area contributed by atoms with E-state index in [1.54, 1.807) is 4.52 Å². The molecule has 0 aliphatic rings. The van der Waals surface area contributed by atoms with Gasteiger partial charge < -0.3 is 5.32 Å². The van der Waals surface area contributed by atoms with Crippen LogP contribution in [0.4, 0.5) is 5.82 Å². The van der Waals surface area contributed by atoms with Gasteiger partial charge in [-0.25, -0.2) is 13.1 Å². The van der Waals surface area contributed by atoms with Gasteiger partial charge in [-0.05, 0) is 13.3 Å². The van der Waals surface area contributed by atoms with Crippen LogP contribution in [0.25, 0.3) is 5.78 Å². The van der Waals surface area contributed by atoms with Gasteiger partial charge in [-0.3, -0.25) is 0 Å². The molecule has 0 fully saturated rings. The fraction of sp³-hybridized carbons (Fsp3) is 0.500. The van der Waals surface area contributed by atoms with Gasteiger partial charge in [0.2, 0.25) is 10.0 Å². The summed E-state index contributed by atoms with van der Waals surface area (Å²) in [6.45, 7) is 2.76. The van der Waals surface area contributed by atoms with Crippen LogP contribution in [0.2, 0.25) is 5.15 Å². The van der Waals surface area contributed by atoms with Crippen LogP contribution in [0.3, 0.4) is 0 Å². The van der Waals surface area contributed by atoms with Gasteiger partial charge in [-0.15, -0.1) is 0 Å². The zero-order valence-corrected chi connectivity index (χ0v) is 12.7. The van der Waals surface area contributed by atoms with Crippen molar-refractivity contribution < 1.29 is 8.42 Å². The molecule has 110 valence electrons. The maximum absolute atomic E-state index is 10.9. The summed E-state index contributed by atoms with van der Waals surface area (Å²) in [5, 5.41) is 7.60. The first-order valence-corrected chi connectivity index (χ1v) is 8.20. The Hall–Kier alpha value is -1.45. The summed E-state index contributed by atoms with van der Waals surface area (Å²) in [7, 11) is -3.15. The second-order valence-electron chi connectivity index (χ2n) is 4.29. The van der Waals surface area contributed by atoms with Crippen LogP contribution < -0.4 is 10.0 Å². The highest BCUT2D eigenvalue weighted by molar-refractivity contribution is 7.88. The van der Waals surface area contributed by atoms with Crippen molar-refractivity contribution in [1.29, 1.82) is 0 Å². The Kier molecular flexibility index (Phi) is 4.41. The van der Waals surface area contributed by atoms with E-state index in [0.29, 0.717) is 36.3 Å². The highest BCUT2D eigenvalue weighted by Crippen LogP contribution is 2.21. The number of rotatable bonds is 6. The van der Waals surface area contributed by atoms with Crippen molar-refractivity contribution in [3.8, 4) is 0 Å². The minimum Gasteiger partial charge on any atom is -0.370 e. The van der Waals surface area contributed by atoms with Crippen molar-refractivity contribution in [2.45, 2.75) is 13.3 Å². The van der Waals surface area contributed by atoms with E-state index in [1.165, 1.54) is 6.33 Å². The third kappa shape index (κ3) is 3.56. The molecular weight excluding hydrogens is 304 g/mol. The van der Waals surface area contributed by atoms with E-state index in [1.807, 2.05) is 6.92 Å². The smallest absolute Gasteiger partial charge is 0.255 e. The largest absolute Gasteiger partial charge is 0.370 e. The van der Waals surface area contributed by atoms with Gasteiger partial charge >= 0.3 is 0 Å². The minimum absolute atomic E-state index is 0.363. The first-order valence-electron chi connectivity index (χ1n) is 5.93. The number of halogens is 1. The Morgan fingerprint density at radius 1 is 1.40 bits per heavy atom. The Morgan fingerprint density at radius 3 is 2.85 bits per heavy atom. The number of hydrogen-bond acceptors (Lipinski definition) is 6. The predicted octanol–water partition coefficient (Wildman–Crippen LogP) is 0.437. The average Bonchev–Trinajstić information content (AvgIpc) is 2.79. The van der Waals surface area contributed by atoms with Crippen LogP contribution in [0.1, 0.15) is 12.0 Å². The monoisotopic (exact) mass is 318 g/mol. The van der Waals surface area contributed by atoms with Crippen LogP contribution in [-0.4, -0.2) is 47.3 Å². The number of nitrogens with one attached hydrogen (secondary N) is 2. The standard InChI is InChI=1S/C10H15ClN6O2S/c1-7-8(11)16-10-13-6-14-17(10)9(7)12-4-3-5-15-20(2,18)19/h6,12,15H,3-5H2,1-2H3. The molecule has 2 aromatic heterocycles. The third-order valence-electron chi connectivity index (χ3n) is 2.61. The first kappa shape index (κ1) is 14.9. The lowest BCUT2D eigenvalue weighted by molar-refractivity contribution is 0.586. The van der Waals surface area contributed by atoms with Gasteiger partial charge in [0, 0.05) is 18.7 Å². The summed E-state index contributed by atoms with van der Waals surface area (Å²) in [6.07, 6.45) is 3.16. The minimum atomic E-state index is -3.15. The molecule has 0 aliphatic carbocycles. The lowest BCUT2D eigenvalue weighted by atomic mass is 10.3. The van der Waals surface area contributed by atoms with E-state index in [-0.39, 0.29) is 0 Å². The topological polar surface area (TPSA) is 101 Å². The number of fused-ring (bicyclic) bond motifs is 1. The van der Waals surface area contributed by atoms with E-state index >= 15 is 0 Å². The molecule has 0 unspecified atom stereocenters. The molecule has 0 spiro atoms. The summed E-state index contributed by atoms with van der Waals surface area (Å²) in [5.41, 5.74) is 0.765. The molecule has 20 heavy (non-hydrogen) atoms. The molecule has 0 amide bonds. The van der Waals surface area contributed by atoms with Crippen molar-refractivity contribution in [2.24, 2.45) is 0 Å². The van der Waals surface area contributed by atoms with Crippen molar-refractivity contribution >= 4 is 33.2 Å². The second kappa shape index (κ2) is 5.90. The maximum Gasteiger partial charge on any atom is 0.255 e. The molecule has 2 rings (SSSR count). The van der Waals surface area contributed by atoms with E-state index in [0.717, 1.165) is 11.8 Å². The number of aromatic nitrogens is 4. The lowest BCUT2D eigenvalue weighted by Gasteiger charge is -2.11. The second-order valence-corrected chi connectivity index (χ2v) is 6.49. The molecule has 2 aromatic rings. The van der Waals surface area contributed by atoms with Crippen molar-refractivity contribution in [3.05, 3.63) is 17.0 Å². The summed E-state index contributed by atoms with van der Waals surface area (Å²) >= 11 is 6.03. The number of anilines is 1. The van der Waals surface area contributed by atoms with Gasteiger partial charge in [0.05, 0.1) is 6.26 Å². The maximum atomic E-state index is 10.9. The molecule has 2 N–H and O–H groups in total. The third-order valence-corrected chi connectivity index (χ3v) is 3.71. The summed E-state index contributed by atoms with van der Waals surface area (Å²) in [4.78, 5) is 8.08. The quantitative estimate of drug-likeness (QED) is 0.592. The number of sulfonamides is 1. The van der Waals surface area contributed by atoms with E-state index in [9.17, 15) is 8.42 Å². The Balaban J connectivity index is 2.03. The van der Waals surface area contributed by atoms with E-state index < -0.39 is 10.0 Å². The van der Waals surface area contributed by atoms with E-state index in [4.69, 9.17) is 11.6 Å². The van der Waals surface area contributed by atoms with E-state index in [2.05, 4.69) is 25.1 Å². The number of hydrogen-bond donors (Lipinski definition) is 2. The van der Waals surface area contributed by atoms with Gasteiger partial charge in [-0.2, -0.15) is 19.6 Å². The summed E-state index contributed by atoms with van der Waals surface area (Å²) in [5.74, 6) is 1.12. The van der Waals surface area contributed by atoms with Crippen LogP contribution >= 0.6 is 11.6 Å². The summed E-state index contributed by atoms with van der Waals surface area (Å²) < 4.78 is 25.8. The normalized spacial score (nSPS) is 11.9. The Bertz CT molecular complexity index is 714. The van der Waals surface area contributed by atoms with Gasteiger partial charge in [0.25, 0.3) is 5.78 Å². The molecule has 0 radical (unpaired) electrons. The zero-order valence-electron chi connectivity index (χ0n) is 11.1. The SMILES string of the molecule is Cc1c(Cl)nc2ncnn2c1NCCCNS(C)(=O)=O. The van der Waals surface area contributed by atoms with Gasteiger partial charge in [-0.1, -0.05) is 11.6 Å². The molecule has 0 bridgehead atoms. The molecule has 0 aromatic carbocycles. The van der Waals surface area contributed by atoms with Crippen molar-refractivity contribution in [3.63, 3.8) is 0 Å². The molecular formula is C10H15ClN6O2S. The fourth-order valence-corrected chi connectivity index (χ4v) is 2.34. The van der Waals surface area contributed by atoms with Crippen molar-refractivity contribution in [2.75, 3.05) is 24.7 Å². The van der Waals surface area contributed by atoms with Crippen LogP contribution in [-0.2, 0) is 10.0 Å². The molecule has 0 atom stereocenters. The van der Waals surface area contributed by atoms with Crippen LogP contribution in [0, 0.1) is 6.92 Å². The zero-order chi connectivity index (χ0) is 14.8. The average molecular weight is 319 g/mol. The fourth-order valence-electron chi connectivity index (χ4n) is 1.66. The highest BCUT2D eigenvalue weighted by Gasteiger charge is 2.11. The molecule has 2 heterocycles. The van der Waals surface area contributed by atoms with Gasteiger partial charge in [0.15, 0.2) is 0 Å². The predicted molar refractivity (Wildman–Crippen MR) is 76.5 cm³/mol. The lowest BCUT2D eigenvalue weighted by Crippen LogP contribution is -2.24. The Morgan fingerprint density at radius 2 is 2.15 bits per heavy atom. The molecule has 10 heteroatoms. The molecule has 0 aliphatic heterocycles. The summed E-state index contributed by atoms with van der Waals surface area (Å²) in [6, 6.07) is 0. The molecule has 8 nitrogen and oxygen atoms in total. The van der Waals surface area contributed by atoms with Crippen molar-refractivity contribution in [1.82, 2.24) is 24.3 Å². The van der Waals surface area contributed by atoms with Crippen LogP contribution in [0.15, 0.2) is 6.33 Å². The molecule has 0 saturated heterocycles. The number of nitrogens with zero attached hydrogens (tertiary/aromatic N) is 4. The molecule has 0 saturated carbocycles. The Labute approximate surface area is 121 Å². The highest BCUT2D eigenvalue weighted by atomic mass is 35.5. The van der Waals surface area contributed by atoms with Crippen LogP contribution in [0.5, 0.6) is 0 Å².